The molecule has 2 aromatic rings. The summed E-state index contributed by atoms with van der Waals surface area (Å²) in [5.41, 5.74) is 1.87. The fourth-order valence-corrected chi connectivity index (χ4v) is 4.72. The maximum Gasteiger partial charge on any atom is 0.206 e. The van der Waals surface area contributed by atoms with E-state index in [1.807, 2.05) is 62.5 Å². The van der Waals surface area contributed by atoms with Crippen LogP contribution in [0.1, 0.15) is 18.4 Å². The first-order chi connectivity index (χ1) is 11.5. The molecule has 1 aliphatic heterocycles. The highest BCUT2D eigenvalue weighted by atomic mass is 32.3. The summed E-state index contributed by atoms with van der Waals surface area (Å²) in [6, 6.07) is 15.3. The molecule has 1 aliphatic rings. The van der Waals surface area contributed by atoms with Crippen molar-refractivity contribution >= 4 is 22.2 Å². The number of fused-ring (bicyclic) bond motifs is 1. The van der Waals surface area contributed by atoms with Crippen molar-refractivity contribution in [1.29, 1.82) is 0 Å². The first kappa shape index (κ1) is 17.1. The second-order valence-electron chi connectivity index (χ2n) is 5.96. The van der Waals surface area contributed by atoms with Gasteiger partial charge in [0.15, 0.2) is 0 Å². The van der Waals surface area contributed by atoms with E-state index in [4.69, 9.17) is 4.74 Å². The SMILES string of the molecule is CNCCCC1Oc2ccccc2N(c2cccc(C)c2)S1(O)O. The van der Waals surface area contributed by atoms with Crippen molar-refractivity contribution in [1.82, 2.24) is 5.32 Å². The monoisotopic (exact) mass is 348 g/mol. The molecule has 1 heterocycles. The summed E-state index contributed by atoms with van der Waals surface area (Å²) in [7, 11) is -1.26. The van der Waals surface area contributed by atoms with Gasteiger partial charge in [0.25, 0.3) is 0 Å². The van der Waals surface area contributed by atoms with Crippen molar-refractivity contribution in [2.45, 2.75) is 25.2 Å². The Hall–Kier alpha value is -1.73. The van der Waals surface area contributed by atoms with Gasteiger partial charge < -0.3 is 10.1 Å². The van der Waals surface area contributed by atoms with Gasteiger partial charge in [0, 0.05) is 6.42 Å². The number of nitrogens with zero attached hydrogens (tertiary/aromatic N) is 1. The summed E-state index contributed by atoms with van der Waals surface area (Å²) in [4.78, 5) is 0. The van der Waals surface area contributed by atoms with E-state index < -0.39 is 16.2 Å². The van der Waals surface area contributed by atoms with Gasteiger partial charge in [0.05, 0.1) is 5.69 Å². The molecule has 0 saturated carbocycles. The Balaban J connectivity index is 2.03. The molecular weight excluding hydrogens is 324 g/mol. The molecule has 0 fully saturated rings. The first-order valence-corrected chi connectivity index (χ1v) is 9.65. The summed E-state index contributed by atoms with van der Waals surface area (Å²) in [5, 5.41) is 3.08. The molecule has 3 N–H and O–H groups in total. The van der Waals surface area contributed by atoms with Crippen molar-refractivity contribution in [3.8, 4) is 5.75 Å². The minimum atomic E-state index is -3.14. The van der Waals surface area contributed by atoms with E-state index in [0.717, 1.165) is 24.2 Å². The molecule has 3 rings (SSSR count). The largest absolute Gasteiger partial charge is 0.467 e. The van der Waals surface area contributed by atoms with Gasteiger partial charge in [0.1, 0.15) is 11.4 Å². The zero-order valence-corrected chi connectivity index (χ0v) is 14.8. The molecular formula is C18H24N2O3S. The smallest absolute Gasteiger partial charge is 0.206 e. The van der Waals surface area contributed by atoms with Crippen molar-refractivity contribution in [2.24, 2.45) is 0 Å². The number of rotatable bonds is 5. The standard InChI is InChI=1S/C18H24N2O3S/c1-14-7-5-8-15(13-14)20-16-9-3-4-10-17(16)23-18(24(20,21)22)11-6-12-19-2/h3-5,7-10,13,18-19,21-22H,6,11-12H2,1-2H3. The Kier molecular flexibility index (Phi) is 5.01. The maximum atomic E-state index is 11.0. The van der Waals surface area contributed by atoms with E-state index in [2.05, 4.69) is 5.32 Å². The Morgan fingerprint density at radius 2 is 1.96 bits per heavy atom. The van der Waals surface area contributed by atoms with Gasteiger partial charge >= 0.3 is 0 Å². The molecule has 0 saturated heterocycles. The fraction of sp³-hybridized carbons (Fsp3) is 0.333. The van der Waals surface area contributed by atoms with E-state index in [1.165, 1.54) is 0 Å². The third kappa shape index (κ3) is 3.23. The van der Waals surface area contributed by atoms with E-state index in [-0.39, 0.29) is 0 Å². The minimum absolute atomic E-state index is 0.569. The average molecular weight is 348 g/mol. The Morgan fingerprint density at radius 1 is 1.17 bits per heavy atom. The highest BCUT2D eigenvalue weighted by Crippen LogP contribution is 2.61. The zero-order valence-electron chi connectivity index (χ0n) is 14.0. The van der Waals surface area contributed by atoms with E-state index in [9.17, 15) is 9.11 Å². The number of benzene rings is 2. The zero-order chi connectivity index (χ0) is 17.2. The van der Waals surface area contributed by atoms with Crippen molar-refractivity contribution in [3.05, 3.63) is 54.1 Å². The molecule has 5 nitrogen and oxygen atoms in total. The molecule has 0 aromatic heterocycles. The highest BCUT2D eigenvalue weighted by Gasteiger charge is 2.40. The summed E-state index contributed by atoms with van der Waals surface area (Å²) < 4.78 is 29.6. The van der Waals surface area contributed by atoms with Gasteiger partial charge in [-0.1, -0.05) is 35.0 Å². The maximum absolute atomic E-state index is 11.0. The molecule has 2 aromatic carbocycles. The molecule has 0 spiro atoms. The molecule has 130 valence electrons. The van der Waals surface area contributed by atoms with Crippen LogP contribution in [0.15, 0.2) is 48.5 Å². The van der Waals surface area contributed by atoms with Gasteiger partial charge in [-0.05, 0) is 56.8 Å². The summed E-state index contributed by atoms with van der Waals surface area (Å²) in [6.07, 6.45) is 1.38. The summed E-state index contributed by atoms with van der Waals surface area (Å²) in [6.45, 7) is 2.80. The van der Waals surface area contributed by atoms with Crippen LogP contribution in [0.5, 0.6) is 5.75 Å². The fourth-order valence-electron chi connectivity index (χ4n) is 2.90. The number of aryl methyl sites for hydroxylation is 1. The van der Waals surface area contributed by atoms with Gasteiger partial charge in [-0.15, -0.1) is 0 Å². The lowest BCUT2D eigenvalue weighted by molar-refractivity contribution is 0.235. The Labute approximate surface area is 144 Å². The number of hydrogen-bond acceptors (Lipinski definition) is 5. The van der Waals surface area contributed by atoms with Crippen LogP contribution >= 0.6 is 10.8 Å². The molecule has 0 amide bonds. The van der Waals surface area contributed by atoms with E-state index in [0.29, 0.717) is 17.9 Å². The summed E-state index contributed by atoms with van der Waals surface area (Å²) in [5.74, 6) is 0.680. The van der Waals surface area contributed by atoms with E-state index in [1.54, 1.807) is 4.31 Å². The number of para-hydroxylation sites is 2. The van der Waals surface area contributed by atoms with Crippen molar-refractivity contribution in [2.75, 3.05) is 17.9 Å². The average Bonchev–Trinajstić information content (AvgIpc) is 2.55. The van der Waals surface area contributed by atoms with Crippen LogP contribution < -0.4 is 14.4 Å². The normalized spacial score (nSPS) is 20.2. The van der Waals surface area contributed by atoms with Crippen LogP contribution in [0.3, 0.4) is 0 Å². The van der Waals surface area contributed by atoms with Gasteiger partial charge in [-0.3, -0.25) is 9.11 Å². The molecule has 0 aliphatic carbocycles. The van der Waals surface area contributed by atoms with Gasteiger partial charge in [-0.25, -0.2) is 4.31 Å². The topological polar surface area (TPSA) is 65.0 Å². The second-order valence-corrected chi connectivity index (χ2v) is 7.97. The van der Waals surface area contributed by atoms with Crippen LogP contribution in [-0.4, -0.2) is 28.1 Å². The number of hydrogen-bond donors (Lipinski definition) is 3. The van der Waals surface area contributed by atoms with Gasteiger partial charge in [0.2, 0.25) is 5.44 Å². The summed E-state index contributed by atoms with van der Waals surface area (Å²) >= 11 is 0. The number of nitrogens with one attached hydrogen (secondary N) is 1. The predicted molar refractivity (Wildman–Crippen MR) is 100 cm³/mol. The lowest BCUT2D eigenvalue weighted by Crippen LogP contribution is -2.39. The second kappa shape index (κ2) is 7.03. The quantitative estimate of drug-likeness (QED) is 0.694. The molecule has 1 unspecified atom stereocenters. The first-order valence-electron chi connectivity index (χ1n) is 8.08. The van der Waals surface area contributed by atoms with Crippen LogP contribution in [0.25, 0.3) is 0 Å². The van der Waals surface area contributed by atoms with Crippen LogP contribution in [0.2, 0.25) is 0 Å². The van der Waals surface area contributed by atoms with E-state index >= 15 is 0 Å². The van der Waals surface area contributed by atoms with Crippen LogP contribution in [0.4, 0.5) is 11.4 Å². The molecule has 0 radical (unpaired) electrons. The van der Waals surface area contributed by atoms with Crippen molar-refractivity contribution in [3.63, 3.8) is 0 Å². The van der Waals surface area contributed by atoms with Crippen LogP contribution in [0, 0.1) is 6.92 Å². The molecule has 24 heavy (non-hydrogen) atoms. The molecule has 1 atom stereocenters. The predicted octanol–water partition coefficient (Wildman–Crippen LogP) is 4.52. The number of anilines is 2. The van der Waals surface area contributed by atoms with Gasteiger partial charge in [-0.2, -0.15) is 0 Å². The van der Waals surface area contributed by atoms with Crippen molar-refractivity contribution < 1.29 is 13.8 Å². The lowest BCUT2D eigenvalue weighted by atomic mass is 10.2. The van der Waals surface area contributed by atoms with Crippen LogP contribution in [-0.2, 0) is 0 Å². The third-order valence-corrected chi connectivity index (χ3v) is 6.05. The molecule has 0 bridgehead atoms. The lowest BCUT2D eigenvalue weighted by Gasteiger charge is -2.51. The molecule has 6 heteroatoms. The minimum Gasteiger partial charge on any atom is -0.467 e. The Morgan fingerprint density at radius 3 is 2.71 bits per heavy atom. The third-order valence-electron chi connectivity index (χ3n) is 4.07. The highest BCUT2D eigenvalue weighted by molar-refractivity contribution is 8.26. The number of ether oxygens (including phenoxy) is 1. The Bertz CT molecular complexity index is 708.